The van der Waals surface area contributed by atoms with Gasteiger partial charge in [-0.2, -0.15) is 0 Å². The monoisotopic (exact) mass is 494 g/mol. The Bertz CT molecular complexity index is 1020. The van der Waals surface area contributed by atoms with E-state index < -0.39 is 0 Å². The molecule has 2 unspecified atom stereocenters. The van der Waals surface area contributed by atoms with E-state index in [1.54, 1.807) is 0 Å². The van der Waals surface area contributed by atoms with Crippen LogP contribution >= 0.6 is 11.6 Å². The summed E-state index contributed by atoms with van der Waals surface area (Å²) >= 11 is 6.02. The normalized spacial score (nSPS) is 22.7. The van der Waals surface area contributed by atoms with Crippen LogP contribution in [0.4, 0.5) is 5.69 Å². The summed E-state index contributed by atoms with van der Waals surface area (Å²) in [6.45, 7) is 5.14. The molecule has 186 valence electrons. The lowest BCUT2D eigenvalue weighted by Crippen LogP contribution is -2.55. The highest BCUT2D eigenvalue weighted by atomic mass is 35.5. The van der Waals surface area contributed by atoms with Crippen molar-refractivity contribution < 1.29 is 9.59 Å². The summed E-state index contributed by atoms with van der Waals surface area (Å²) < 4.78 is 0. The molecule has 0 bridgehead atoms. The number of amides is 2. The second-order valence-corrected chi connectivity index (χ2v) is 10.3. The molecule has 1 aliphatic carbocycles. The lowest BCUT2D eigenvalue weighted by atomic mass is 9.85. The Morgan fingerprint density at radius 1 is 0.971 bits per heavy atom. The molecule has 1 saturated carbocycles. The maximum atomic E-state index is 13.6. The first kappa shape index (κ1) is 24.1. The molecule has 2 saturated heterocycles. The summed E-state index contributed by atoms with van der Waals surface area (Å²) in [4.78, 5) is 32.9. The number of hydrogen-bond acceptors (Lipinski definition) is 4. The molecule has 0 spiro atoms. The first-order valence-corrected chi connectivity index (χ1v) is 13.4. The Hall–Kier alpha value is -2.57. The van der Waals surface area contributed by atoms with Crippen LogP contribution in [-0.4, -0.2) is 78.8 Å². The fourth-order valence-corrected chi connectivity index (χ4v) is 5.85. The molecule has 2 amide bonds. The first-order valence-electron chi connectivity index (χ1n) is 12.9. The number of likely N-dealkylation sites (tertiary alicyclic amines) is 1. The van der Waals surface area contributed by atoms with E-state index >= 15 is 0 Å². The number of alkyl halides is 1. The zero-order valence-corrected chi connectivity index (χ0v) is 21.0. The Balaban J connectivity index is 1.35. The third-order valence-corrected chi connectivity index (χ3v) is 7.83. The maximum Gasteiger partial charge on any atom is 0.253 e. The van der Waals surface area contributed by atoms with Crippen LogP contribution in [0.25, 0.3) is 0 Å². The van der Waals surface area contributed by atoms with Crippen molar-refractivity contribution in [3.63, 3.8) is 0 Å². The van der Waals surface area contributed by atoms with Crippen molar-refractivity contribution in [3.05, 3.63) is 65.7 Å². The van der Waals surface area contributed by atoms with Crippen LogP contribution in [0.2, 0.25) is 0 Å². The van der Waals surface area contributed by atoms with E-state index in [4.69, 9.17) is 11.6 Å². The molecule has 35 heavy (non-hydrogen) atoms. The number of piperazine rings is 1. The molecule has 5 rings (SSSR count). The van der Waals surface area contributed by atoms with Crippen LogP contribution in [0, 0.1) is 5.92 Å². The van der Waals surface area contributed by atoms with Crippen molar-refractivity contribution in [2.45, 2.75) is 37.8 Å². The fourth-order valence-electron chi connectivity index (χ4n) is 5.71. The van der Waals surface area contributed by atoms with E-state index in [0.717, 1.165) is 63.1 Å². The van der Waals surface area contributed by atoms with Gasteiger partial charge in [0, 0.05) is 68.5 Å². The zero-order chi connectivity index (χ0) is 24.2. The van der Waals surface area contributed by atoms with E-state index in [9.17, 15) is 9.59 Å². The molecule has 3 fully saturated rings. The lowest BCUT2D eigenvalue weighted by molar-refractivity contribution is -0.133. The third kappa shape index (κ3) is 5.65. The Labute approximate surface area is 213 Å². The molecule has 0 aromatic heterocycles. The SMILES string of the molecule is O=C(c1cccc(N2CCNCC2)c1)N1CCC(N(C(=O)CCl)C2CC2)C(Cc2ccccc2)C1. The summed E-state index contributed by atoms with van der Waals surface area (Å²) in [6.07, 6.45) is 3.74. The van der Waals surface area contributed by atoms with Crippen molar-refractivity contribution in [1.29, 1.82) is 0 Å². The number of piperidine rings is 1. The van der Waals surface area contributed by atoms with Gasteiger partial charge < -0.3 is 20.0 Å². The molecule has 2 aromatic rings. The predicted octanol–water partition coefficient (Wildman–Crippen LogP) is 3.40. The molecule has 0 radical (unpaired) electrons. The average Bonchev–Trinajstić information content (AvgIpc) is 3.75. The number of carbonyl (C=O) groups excluding carboxylic acids is 2. The highest BCUT2D eigenvalue weighted by Gasteiger charge is 2.43. The topological polar surface area (TPSA) is 55.9 Å². The minimum absolute atomic E-state index is 0.0204. The average molecular weight is 495 g/mol. The minimum Gasteiger partial charge on any atom is -0.369 e. The van der Waals surface area contributed by atoms with Gasteiger partial charge in [0.15, 0.2) is 0 Å². The lowest BCUT2D eigenvalue weighted by Gasteiger charge is -2.44. The number of nitrogens with one attached hydrogen (secondary N) is 1. The second-order valence-electron chi connectivity index (χ2n) is 10.0. The Kier molecular flexibility index (Phi) is 7.59. The molecule has 2 atom stereocenters. The van der Waals surface area contributed by atoms with Crippen LogP contribution in [0.1, 0.15) is 35.2 Å². The number of benzene rings is 2. The van der Waals surface area contributed by atoms with Gasteiger partial charge in [0.1, 0.15) is 5.88 Å². The third-order valence-electron chi connectivity index (χ3n) is 7.60. The first-order chi connectivity index (χ1) is 17.1. The van der Waals surface area contributed by atoms with Crippen molar-refractivity contribution in [3.8, 4) is 0 Å². The molecule has 2 aliphatic heterocycles. The van der Waals surface area contributed by atoms with E-state index in [0.29, 0.717) is 19.1 Å². The summed E-state index contributed by atoms with van der Waals surface area (Å²) in [5.41, 5.74) is 3.10. The molecule has 1 N–H and O–H groups in total. The van der Waals surface area contributed by atoms with Crippen molar-refractivity contribution >= 4 is 29.1 Å². The molecular formula is C28H35ClN4O2. The Morgan fingerprint density at radius 3 is 2.46 bits per heavy atom. The van der Waals surface area contributed by atoms with Gasteiger partial charge in [0.2, 0.25) is 5.91 Å². The molecule has 6 nitrogen and oxygen atoms in total. The highest BCUT2D eigenvalue weighted by molar-refractivity contribution is 6.27. The van der Waals surface area contributed by atoms with Gasteiger partial charge in [-0.15, -0.1) is 11.6 Å². The van der Waals surface area contributed by atoms with Gasteiger partial charge in [0.05, 0.1) is 0 Å². The van der Waals surface area contributed by atoms with E-state index in [1.165, 1.54) is 5.56 Å². The van der Waals surface area contributed by atoms with Crippen molar-refractivity contribution in [1.82, 2.24) is 15.1 Å². The Morgan fingerprint density at radius 2 is 1.74 bits per heavy atom. The molecule has 2 aromatic carbocycles. The van der Waals surface area contributed by atoms with Crippen LogP contribution < -0.4 is 10.2 Å². The van der Waals surface area contributed by atoms with E-state index in [2.05, 4.69) is 45.4 Å². The number of anilines is 1. The fraction of sp³-hybridized carbons (Fsp3) is 0.500. The zero-order valence-electron chi connectivity index (χ0n) is 20.2. The van der Waals surface area contributed by atoms with E-state index in [-0.39, 0.29) is 29.7 Å². The number of rotatable bonds is 7. The van der Waals surface area contributed by atoms with Crippen LogP contribution in [0.3, 0.4) is 0 Å². The van der Waals surface area contributed by atoms with Gasteiger partial charge >= 0.3 is 0 Å². The van der Waals surface area contributed by atoms with Gasteiger partial charge in [-0.1, -0.05) is 36.4 Å². The number of carbonyl (C=O) groups is 2. The standard InChI is InChI=1S/C28H35ClN4O2/c29-19-27(34)33(24-9-10-24)26-11-14-32(20-23(26)17-21-5-2-1-3-6-21)28(35)22-7-4-8-25(18-22)31-15-12-30-13-16-31/h1-8,18,23-24,26,30H,9-17,19-20H2. The molecular weight excluding hydrogens is 460 g/mol. The van der Waals surface area contributed by atoms with Crippen LogP contribution in [0.5, 0.6) is 0 Å². The van der Waals surface area contributed by atoms with Gasteiger partial charge in [-0.3, -0.25) is 9.59 Å². The smallest absolute Gasteiger partial charge is 0.253 e. The summed E-state index contributed by atoms with van der Waals surface area (Å²) in [5, 5.41) is 3.38. The summed E-state index contributed by atoms with van der Waals surface area (Å²) in [5.74, 6) is 0.312. The largest absolute Gasteiger partial charge is 0.369 e. The van der Waals surface area contributed by atoms with E-state index in [1.807, 2.05) is 29.2 Å². The number of nitrogens with zero attached hydrogens (tertiary/aromatic N) is 3. The van der Waals surface area contributed by atoms with Crippen LogP contribution in [0.15, 0.2) is 54.6 Å². The summed E-state index contributed by atoms with van der Waals surface area (Å²) in [7, 11) is 0. The minimum atomic E-state index is 0.0204. The second kappa shape index (κ2) is 11.0. The molecule has 7 heteroatoms. The number of halogens is 1. The molecule has 2 heterocycles. The maximum absolute atomic E-state index is 13.6. The predicted molar refractivity (Wildman–Crippen MR) is 140 cm³/mol. The van der Waals surface area contributed by atoms with Gasteiger partial charge in [-0.05, 0) is 49.4 Å². The number of hydrogen-bond donors (Lipinski definition) is 1. The highest BCUT2D eigenvalue weighted by Crippen LogP contribution is 2.36. The molecule has 3 aliphatic rings. The van der Waals surface area contributed by atoms with Crippen molar-refractivity contribution in [2.24, 2.45) is 5.92 Å². The summed E-state index contributed by atoms with van der Waals surface area (Å²) in [6, 6.07) is 18.9. The van der Waals surface area contributed by atoms with Gasteiger partial charge in [0.25, 0.3) is 5.91 Å². The van der Waals surface area contributed by atoms with Crippen molar-refractivity contribution in [2.75, 3.05) is 50.0 Å². The van der Waals surface area contributed by atoms with Crippen LogP contribution in [-0.2, 0) is 11.2 Å². The quantitative estimate of drug-likeness (QED) is 0.599. The van der Waals surface area contributed by atoms with Gasteiger partial charge in [-0.25, -0.2) is 0 Å².